The largest absolute Gasteiger partial charge is 0.306 e. The first-order valence-corrected chi connectivity index (χ1v) is 8.36. The zero-order valence-corrected chi connectivity index (χ0v) is 12.7. The van der Waals surface area contributed by atoms with E-state index in [1.54, 1.807) is 10.4 Å². The van der Waals surface area contributed by atoms with Gasteiger partial charge in [-0.15, -0.1) is 11.3 Å². The van der Waals surface area contributed by atoms with Crippen LogP contribution < -0.4 is 5.32 Å². The highest BCUT2D eigenvalue weighted by molar-refractivity contribution is 7.12. The predicted octanol–water partition coefficient (Wildman–Crippen LogP) is 4.07. The van der Waals surface area contributed by atoms with E-state index in [4.69, 9.17) is 4.98 Å². The van der Waals surface area contributed by atoms with Crippen LogP contribution in [0.1, 0.15) is 27.4 Å². The summed E-state index contributed by atoms with van der Waals surface area (Å²) in [6.45, 7) is 1.78. The molecule has 0 aliphatic heterocycles. The van der Waals surface area contributed by atoms with Crippen LogP contribution in [0.15, 0.2) is 42.5 Å². The summed E-state index contributed by atoms with van der Waals surface area (Å²) in [5, 5.41) is 4.72. The molecule has 1 N–H and O–H groups in total. The van der Waals surface area contributed by atoms with Gasteiger partial charge in [-0.2, -0.15) is 0 Å². The second-order valence-electron chi connectivity index (χ2n) is 5.61. The molecule has 3 heteroatoms. The Balaban J connectivity index is 1.41. The lowest BCUT2D eigenvalue weighted by molar-refractivity contribution is 0.688. The molecule has 3 aromatic rings. The molecule has 0 amide bonds. The molecule has 1 aliphatic carbocycles. The van der Waals surface area contributed by atoms with Crippen molar-refractivity contribution in [3.63, 3.8) is 0 Å². The molecule has 0 fully saturated rings. The van der Waals surface area contributed by atoms with Crippen LogP contribution in [-0.4, -0.2) is 4.98 Å². The fourth-order valence-corrected chi connectivity index (χ4v) is 4.23. The molecule has 2 nitrogen and oxygen atoms in total. The molecular formula is C18H18N2S. The van der Waals surface area contributed by atoms with E-state index in [1.165, 1.54) is 29.5 Å². The molecule has 0 atom stereocenters. The second-order valence-corrected chi connectivity index (χ2v) is 6.83. The zero-order chi connectivity index (χ0) is 14.1. The summed E-state index contributed by atoms with van der Waals surface area (Å²) in [5.74, 6) is 0. The molecule has 2 heterocycles. The van der Waals surface area contributed by atoms with E-state index in [9.17, 15) is 0 Å². The number of aromatic nitrogens is 1. The number of hydrogen-bond donors (Lipinski definition) is 1. The fraction of sp³-hybridized carbons (Fsp3) is 0.278. The molecule has 0 unspecified atom stereocenters. The second kappa shape index (κ2) is 5.58. The van der Waals surface area contributed by atoms with Gasteiger partial charge in [-0.25, -0.2) is 0 Å². The van der Waals surface area contributed by atoms with Crippen molar-refractivity contribution in [2.75, 3.05) is 0 Å². The molecule has 0 saturated heterocycles. The molecule has 4 rings (SSSR count). The van der Waals surface area contributed by atoms with Gasteiger partial charge in [-0.3, -0.25) is 4.98 Å². The van der Waals surface area contributed by atoms with E-state index in [0.29, 0.717) is 0 Å². The van der Waals surface area contributed by atoms with Gasteiger partial charge in [0, 0.05) is 28.2 Å². The first-order valence-electron chi connectivity index (χ1n) is 7.54. The van der Waals surface area contributed by atoms with Crippen LogP contribution in [0.5, 0.6) is 0 Å². The van der Waals surface area contributed by atoms with E-state index in [1.807, 2.05) is 17.4 Å². The maximum absolute atomic E-state index is 4.70. The Morgan fingerprint density at radius 2 is 2.00 bits per heavy atom. The lowest BCUT2D eigenvalue weighted by Gasteiger charge is -2.04. The monoisotopic (exact) mass is 294 g/mol. The number of fused-ring (bicyclic) bond motifs is 2. The fourth-order valence-electron chi connectivity index (χ4n) is 3.00. The number of para-hydroxylation sites is 1. The van der Waals surface area contributed by atoms with E-state index in [-0.39, 0.29) is 0 Å². The van der Waals surface area contributed by atoms with Gasteiger partial charge < -0.3 is 5.32 Å². The minimum Gasteiger partial charge on any atom is -0.306 e. The van der Waals surface area contributed by atoms with Crippen LogP contribution in [0, 0.1) is 0 Å². The SMILES string of the molecule is c1ccc2nc(CNCc3cc4c(s3)CCC4)ccc2c1. The average Bonchev–Trinajstić information content (AvgIpc) is 3.08. The number of thiophene rings is 1. The van der Waals surface area contributed by atoms with Gasteiger partial charge >= 0.3 is 0 Å². The summed E-state index contributed by atoms with van der Waals surface area (Å²) in [6.07, 6.45) is 3.90. The first-order chi connectivity index (χ1) is 10.4. The molecule has 0 radical (unpaired) electrons. The van der Waals surface area contributed by atoms with E-state index in [0.717, 1.165) is 24.3 Å². The van der Waals surface area contributed by atoms with E-state index in [2.05, 4.69) is 41.7 Å². The maximum Gasteiger partial charge on any atom is 0.0705 e. The highest BCUT2D eigenvalue weighted by atomic mass is 32.1. The van der Waals surface area contributed by atoms with Crippen molar-refractivity contribution < 1.29 is 0 Å². The number of hydrogen-bond acceptors (Lipinski definition) is 3. The van der Waals surface area contributed by atoms with Crippen LogP contribution >= 0.6 is 11.3 Å². The molecular weight excluding hydrogens is 276 g/mol. The Labute approximate surface area is 128 Å². The van der Waals surface area contributed by atoms with Crippen LogP contribution in [0.25, 0.3) is 10.9 Å². The number of pyridine rings is 1. The molecule has 0 spiro atoms. The van der Waals surface area contributed by atoms with Gasteiger partial charge in [-0.05, 0) is 43.0 Å². The topological polar surface area (TPSA) is 24.9 Å². The van der Waals surface area contributed by atoms with Gasteiger partial charge in [0.1, 0.15) is 0 Å². The van der Waals surface area contributed by atoms with Crippen molar-refractivity contribution in [2.45, 2.75) is 32.4 Å². The molecule has 1 aromatic carbocycles. The van der Waals surface area contributed by atoms with Gasteiger partial charge in [0.05, 0.1) is 11.2 Å². The molecule has 0 saturated carbocycles. The van der Waals surface area contributed by atoms with Crippen molar-refractivity contribution in [1.29, 1.82) is 0 Å². The Hall–Kier alpha value is -1.71. The van der Waals surface area contributed by atoms with E-state index < -0.39 is 0 Å². The Morgan fingerprint density at radius 3 is 2.95 bits per heavy atom. The Bertz CT molecular complexity index is 754. The standard InChI is InChI=1S/C18H18N2S/c1-2-6-17-13(4-1)8-9-15(20-17)11-19-12-16-10-14-5-3-7-18(14)21-16/h1-2,4,6,8-10,19H,3,5,7,11-12H2. The summed E-state index contributed by atoms with van der Waals surface area (Å²) in [4.78, 5) is 7.76. The molecule has 2 aromatic heterocycles. The van der Waals surface area contributed by atoms with Crippen molar-refractivity contribution in [1.82, 2.24) is 10.3 Å². The van der Waals surface area contributed by atoms with Crippen LogP contribution in [-0.2, 0) is 25.9 Å². The summed E-state index contributed by atoms with van der Waals surface area (Å²) >= 11 is 1.98. The Kier molecular flexibility index (Phi) is 3.45. The smallest absolute Gasteiger partial charge is 0.0705 e. The highest BCUT2D eigenvalue weighted by Gasteiger charge is 2.14. The van der Waals surface area contributed by atoms with Gasteiger partial charge in [-0.1, -0.05) is 24.3 Å². The summed E-state index contributed by atoms with van der Waals surface area (Å²) in [5.41, 5.74) is 3.77. The summed E-state index contributed by atoms with van der Waals surface area (Å²) < 4.78 is 0. The lowest BCUT2D eigenvalue weighted by Crippen LogP contribution is -2.12. The zero-order valence-electron chi connectivity index (χ0n) is 11.9. The average molecular weight is 294 g/mol. The van der Waals surface area contributed by atoms with Crippen LogP contribution in [0.2, 0.25) is 0 Å². The molecule has 21 heavy (non-hydrogen) atoms. The summed E-state index contributed by atoms with van der Waals surface area (Å²) in [7, 11) is 0. The van der Waals surface area contributed by atoms with Gasteiger partial charge in [0.2, 0.25) is 0 Å². The quantitative estimate of drug-likeness (QED) is 0.784. The third-order valence-corrected chi connectivity index (χ3v) is 5.30. The third-order valence-electron chi connectivity index (χ3n) is 4.06. The molecule has 106 valence electrons. The van der Waals surface area contributed by atoms with Crippen molar-refractivity contribution in [2.24, 2.45) is 0 Å². The van der Waals surface area contributed by atoms with E-state index >= 15 is 0 Å². The van der Waals surface area contributed by atoms with Crippen molar-refractivity contribution in [3.8, 4) is 0 Å². The number of nitrogens with zero attached hydrogens (tertiary/aromatic N) is 1. The number of rotatable bonds is 4. The highest BCUT2D eigenvalue weighted by Crippen LogP contribution is 2.30. The number of aryl methyl sites for hydroxylation is 2. The lowest BCUT2D eigenvalue weighted by atomic mass is 10.2. The van der Waals surface area contributed by atoms with Crippen LogP contribution in [0.4, 0.5) is 0 Å². The molecule has 1 aliphatic rings. The minimum atomic E-state index is 0.827. The first kappa shape index (κ1) is 13.0. The van der Waals surface area contributed by atoms with Crippen molar-refractivity contribution in [3.05, 3.63) is 63.5 Å². The maximum atomic E-state index is 4.70. The predicted molar refractivity (Wildman–Crippen MR) is 88.6 cm³/mol. The molecule has 0 bridgehead atoms. The Morgan fingerprint density at radius 1 is 1.05 bits per heavy atom. The van der Waals surface area contributed by atoms with Gasteiger partial charge in [0.25, 0.3) is 0 Å². The van der Waals surface area contributed by atoms with Gasteiger partial charge in [0.15, 0.2) is 0 Å². The summed E-state index contributed by atoms with van der Waals surface area (Å²) in [6, 6.07) is 14.9. The van der Waals surface area contributed by atoms with Crippen LogP contribution in [0.3, 0.4) is 0 Å². The normalized spacial score (nSPS) is 13.7. The van der Waals surface area contributed by atoms with Crippen molar-refractivity contribution >= 4 is 22.2 Å². The third kappa shape index (κ3) is 2.71. The number of nitrogens with one attached hydrogen (secondary N) is 1. The minimum absolute atomic E-state index is 0.827. The number of benzene rings is 1.